The van der Waals surface area contributed by atoms with Crippen molar-refractivity contribution in [1.29, 1.82) is 0 Å². The lowest BCUT2D eigenvalue weighted by molar-refractivity contribution is 0.0900. The number of rotatable bonds is 9. The summed E-state index contributed by atoms with van der Waals surface area (Å²) in [6, 6.07) is 20.3. The van der Waals surface area contributed by atoms with Crippen LogP contribution in [-0.2, 0) is 13.1 Å². The Hall–Kier alpha value is -3.65. The number of piperidine rings is 1. The molecule has 0 bridgehead atoms. The molecule has 1 N–H and O–H groups in total. The Labute approximate surface area is 199 Å². The van der Waals surface area contributed by atoms with Crippen LogP contribution in [0.1, 0.15) is 28.9 Å². The first-order chi connectivity index (χ1) is 16.6. The van der Waals surface area contributed by atoms with E-state index >= 15 is 0 Å². The minimum absolute atomic E-state index is 0.0741. The van der Waals surface area contributed by atoms with Gasteiger partial charge in [0.2, 0.25) is 0 Å². The number of hydrogen-bond acceptors (Lipinski definition) is 6. The van der Waals surface area contributed by atoms with Gasteiger partial charge in [-0.15, -0.1) is 0 Å². The molecule has 0 saturated carbocycles. The summed E-state index contributed by atoms with van der Waals surface area (Å²) >= 11 is 0. The van der Waals surface area contributed by atoms with Crippen LogP contribution in [0.5, 0.6) is 11.5 Å². The molecule has 4 rings (SSSR count). The second-order valence-corrected chi connectivity index (χ2v) is 8.28. The molecule has 2 aromatic carbocycles. The lowest BCUT2D eigenvalue weighted by Gasteiger charge is -2.32. The van der Waals surface area contributed by atoms with E-state index in [1.54, 1.807) is 7.11 Å². The Balaban J connectivity index is 1.27. The molecule has 178 valence electrons. The fraction of sp³-hybridized carbons (Fsp3) is 0.346. The van der Waals surface area contributed by atoms with Gasteiger partial charge in [0.1, 0.15) is 23.8 Å². The van der Waals surface area contributed by atoms with Gasteiger partial charge in [-0.1, -0.05) is 36.4 Å². The second kappa shape index (κ2) is 11.5. The first-order valence-corrected chi connectivity index (χ1v) is 11.5. The van der Waals surface area contributed by atoms with E-state index in [4.69, 9.17) is 9.47 Å². The van der Waals surface area contributed by atoms with Gasteiger partial charge in [0.25, 0.3) is 11.5 Å². The van der Waals surface area contributed by atoms with E-state index in [0.29, 0.717) is 0 Å². The van der Waals surface area contributed by atoms with Crippen molar-refractivity contribution in [3.05, 3.63) is 88.3 Å². The molecule has 3 aromatic rings. The van der Waals surface area contributed by atoms with Crippen LogP contribution in [0.3, 0.4) is 0 Å². The van der Waals surface area contributed by atoms with Crippen molar-refractivity contribution in [2.45, 2.75) is 32.0 Å². The topological polar surface area (TPSA) is 85.7 Å². The average molecular weight is 463 g/mol. The summed E-state index contributed by atoms with van der Waals surface area (Å²) in [6.45, 7) is 3.13. The molecule has 0 unspecified atom stereocenters. The summed E-state index contributed by atoms with van der Waals surface area (Å²) in [5.74, 6) is 1.36. The number of hydrogen-bond donors (Lipinski definition) is 1. The van der Waals surface area contributed by atoms with Crippen LogP contribution in [0, 0.1) is 0 Å². The zero-order chi connectivity index (χ0) is 23.8. The zero-order valence-electron chi connectivity index (χ0n) is 19.4. The van der Waals surface area contributed by atoms with E-state index in [2.05, 4.69) is 21.4 Å². The fourth-order valence-electron chi connectivity index (χ4n) is 4.07. The number of nitrogens with zero attached hydrogens (tertiary/aromatic N) is 3. The molecule has 8 nitrogen and oxygen atoms in total. The first kappa shape index (κ1) is 23.5. The summed E-state index contributed by atoms with van der Waals surface area (Å²) in [5, 5.41) is 7.32. The van der Waals surface area contributed by atoms with Crippen molar-refractivity contribution in [3.8, 4) is 11.5 Å². The Bertz CT molecular complexity index is 1140. The molecule has 34 heavy (non-hydrogen) atoms. The molecule has 2 heterocycles. The summed E-state index contributed by atoms with van der Waals surface area (Å²) < 4.78 is 12.4. The summed E-state index contributed by atoms with van der Waals surface area (Å²) in [5.41, 5.74) is 1.13. The molecule has 1 aliphatic rings. The van der Waals surface area contributed by atoms with Crippen molar-refractivity contribution < 1.29 is 14.3 Å². The number of methoxy groups -OCH3 is 1. The number of likely N-dealkylation sites (tertiary alicyclic amines) is 1. The van der Waals surface area contributed by atoms with Crippen LogP contribution in [0.25, 0.3) is 0 Å². The van der Waals surface area contributed by atoms with Crippen molar-refractivity contribution in [2.24, 2.45) is 0 Å². The highest BCUT2D eigenvalue weighted by Gasteiger charge is 2.22. The van der Waals surface area contributed by atoms with Crippen molar-refractivity contribution in [1.82, 2.24) is 20.0 Å². The molecule has 1 aromatic heterocycles. The number of amides is 1. The van der Waals surface area contributed by atoms with Gasteiger partial charge in [0, 0.05) is 37.3 Å². The number of aromatic nitrogens is 2. The molecule has 0 aliphatic carbocycles. The molecule has 0 spiro atoms. The minimum Gasteiger partial charge on any atom is -0.496 e. The summed E-state index contributed by atoms with van der Waals surface area (Å²) in [6.07, 6.45) is 1.71. The standard InChI is InChI=1S/C26H30N4O4/c1-33-24-10-6-5-7-20(24)19-29-15-13-21(14-16-29)27-26(32)23-11-12-25(31)30(28-23)17-18-34-22-8-3-2-4-9-22/h2-12,21H,13-19H2,1H3,(H,27,32). The number of carbonyl (C=O) groups excluding carboxylic acids is 1. The van der Waals surface area contributed by atoms with Crippen LogP contribution in [0.2, 0.25) is 0 Å². The monoisotopic (exact) mass is 462 g/mol. The molecule has 1 saturated heterocycles. The van der Waals surface area contributed by atoms with Gasteiger partial charge >= 0.3 is 0 Å². The van der Waals surface area contributed by atoms with E-state index in [1.807, 2.05) is 48.5 Å². The van der Waals surface area contributed by atoms with Crippen LogP contribution in [0.15, 0.2) is 71.5 Å². The first-order valence-electron chi connectivity index (χ1n) is 11.5. The SMILES string of the molecule is COc1ccccc1CN1CCC(NC(=O)c2ccc(=O)n(CCOc3ccccc3)n2)CC1. The maximum absolute atomic E-state index is 12.8. The number of benzene rings is 2. The normalized spacial score (nSPS) is 14.5. The van der Waals surface area contributed by atoms with Crippen molar-refractivity contribution in [3.63, 3.8) is 0 Å². The molecule has 8 heteroatoms. The lowest BCUT2D eigenvalue weighted by Crippen LogP contribution is -2.44. The Morgan fingerprint density at radius 2 is 1.76 bits per heavy atom. The van der Waals surface area contributed by atoms with Gasteiger partial charge in [0.15, 0.2) is 0 Å². The van der Waals surface area contributed by atoms with Gasteiger partial charge in [-0.3, -0.25) is 14.5 Å². The van der Waals surface area contributed by atoms with Gasteiger partial charge in [-0.2, -0.15) is 5.10 Å². The molecule has 0 radical (unpaired) electrons. The van der Waals surface area contributed by atoms with Crippen LogP contribution < -0.4 is 20.3 Å². The molecule has 1 aliphatic heterocycles. The smallest absolute Gasteiger partial charge is 0.271 e. The van der Waals surface area contributed by atoms with Gasteiger partial charge < -0.3 is 14.8 Å². The zero-order valence-corrected chi connectivity index (χ0v) is 19.4. The number of carbonyl (C=O) groups is 1. The van der Waals surface area contributed by atoms with Crippen LogP contribution in [-0.4, -0.2) is 53.4 Å². The van der Waals surface area contributed by atoms with E-state index in [-0.39, 0.29) is 36.4 Å². The maximum Gasteiger partial charge on any atom is 0.271 e. The number of ether oxygens (including phenoxy) is 2. The van der Waals surface area contributed by atoms with Crippen LogP contribution in [0.4, 0.5) is 0 Å². The van der Waals surface area contributed by atoms with E-state index in [9.17, 15) is 9.59 Å². The van der Waals surface area contributed by atoms with Crippen LogP contribution >= 0.6 is 0 Å². The predicted molar refractivity (Wildman–Crippen MR) is 129 cm³/mol. The van der Waals surface area contributed by atoms with Gasteiger partial charge in [-0.05, 0) is 37.1 Å². The molecular weight excluding hydrogens is 432 g/mol. The summed E-state index contributed by atoms with van der Waals surface area (Å²) in [7, 11) is 1.69. The predicted octanol–water partition coefficient (Wildman–Crippen LogP) is 2.73. The maximum atomic E-state index is 12.8. The van der Waals surface area contributed by atoms with E-state index < -0.39 is 0 Å². The van der Waals surface area contributed by atoms with Gasteiger partial charge in [-0.25, -0.2) is 4.68 Å². The minimum atomic E-state index is -0.266. The molecule has 0 atom stereocenters. The second-order valence-electron chi connectivity index (χ2n) is 8.28. The number of nitrogens with one attached hydrogen (secondary N) is 1. The third-order valence-corrected chi connectivity index (χ3v) is 5.92. The van der Waals surface area contributed by atoms with Gasteiger partial charge in [0.05, 0.1) is 13.7 Å². The quantitative estimate of drug-likeness (QED) is 0.526. The summed E-state index contributed by atoms with van der Waals surface area (Å²) in [4.78, 5) is 27.3. The largest absolute Gasteiger partial charge is 0.496 e. The molecule has 1 amide bonds. The molecule has 1 fully saturated rings. The highest BCUT2D eigenvalue weighted by atomic mass is 16.5. The lowest BCUT2D eigenvalue weighted by atomic mass is 10.0. The fourth-order valence-corrected chi connectivity index (χ4v) is 4.07. The van der Waals surface area contributed by atoms with E-state index in [0.717, 1.165) is 49.5 Å². The third-order valence-electron chi connectivity index (χ3n) is 5.92. The molecular formula is C26H30N4O4. The highest BCUT2D eigenvalue weighted by Crippen LogP contribution is 2.21. The van der Waals surface area contributed by atoms with Crippen molar-refractivity contribution in [2.75, 3.05) is 26.8 Å². The third kappa shape index (κ3) is 6.23. The van der Waals surface area contributed by atoms with E-state index in [1.165, 1.54) is 16.8 Å². The Morgan fingerprint density at radius 3 is 2.53 bits per heavy atom. The van der Waals surface area contributed by atoms with Crippen molar-refractivity contribution >= 4 is 5.91 Å². The average Bonchev–Trinajstić information content (AvgIpc) is 2.87. The number of para-hydroxylation sites is 2. The highest BCUT2D eigenvalue weighted by molar-refractivity contribution is 5.92. The Kier molecular flexibility index (Phi) is 7.93. The Morgan fingerprint density at radius 1 is 1.03 bits per heavy atom.